The molecule has 28 heavy (non-hydrogen) atoms. The molecule has 1 amide bonds. The molecule has 0 N–H and O–H groups in total. The molecule has 0 unspecified atom stereocenters. The molecule has 3 aromatic rings. The van der Waals surface area contributed by atoms with E-state index in [2.05, 4.69) is 18.2 Å². The van der Waals surface area contributed by atoms with Gasteiger partial charge in [0, 0.05) is 13.1 Å². The average molecular weight is 410 g/mol. The molecule has 0 atom stereocenters. The third kappa shape index (κ3) is 3.66. The number of hydrogen-bond acceptors (Lipinski definition) is 4. The summed E-state index contributed by atoms with van der Waals surface area (Å²) in [6.07, 6.45) is 2.86. The fraction of sp³-hybridized carbons (Fsp3) is 0.136. The maximum Gasteiger partial charge on any atom is 0.264 e. The van der Waals surface area contributed by atoms with E-state index in [9.17, 15) is 13.2 Å². The Morgan fingerprint density at radius 3 is 2.21 bits per heavy atom. The highest BCUT2D eigenvalue weighted by atomic mass is 32.2. The number of rotatable bonds is 4. The molecule has 1 aliphatic heterocycles. The average Bonchev–Trinajstić information content (AvgIpc) is 3.26. The van der Waals surface area contributed by atoms with E-state index >= 15 is 0 Å². The molecule has 0 aliphatic carbocycles. The minimum Gasteiger partial charge on any atom is -0.334 e. The standard InChI is InChI=1S/C22H19NO3S2/c24-22(23-15-13-18(14-16-23)17-7-3-1-4-8-17)20-11-12-21(27-20)28(25,26)19-9-5-2-6-10-19/h1-13H,14-16H2. The highest BCUT2D eigenvalue weighted by molar-refractivity contribution is 7.93. The van der Waals surface area contributed by atoms with E-state index in [0.717, 1.165) is 17.8 Å². The molecule has 1 aliphatic rings. The molecule has 4 rings (SSSR count). The van der Waals surface area contributed by atoms with E-state index in [1.807, 2.05) is 18.2 Å². The van der Waals surface area contributed by atoms with Gasteiger partial charge in [-0.3, -0.25) is 4.79 Å². The largest absolute Gasteiger partial charge is 0.334 e. The van der Waals surface area contributed by atoms with Crippen LogP contribution >= 0.6 is 11.3 Å². The van der Waals surface area contributed by atoms with Crippen LogP contribution in [0.25, 0.3) is 5.57 Å². The van der Waals surface area contributed by atoms with E-state index in [1.165, 1.54) is 17.2 Å². The van der Waals surface area contributed by atoms with Crippen LogP contribution < -0.4 is 0 Å². The van der Waals surface area contributed by atoms with Crippen LogP contribution in [0.1, 0.15) is 21.7 Å². The van der Waals surface area contributed by atoms with Crippen molar-refractivity contribution in [2.45, 2.75) is 15.5 Å². The SMILES string of the molecule is O=C(c1ccc(S(=O)(=O)c2ccccc2)s1)N1CC=C(c2ccccc2)CC1. The minimum atomic E-state index is -3.59. The molecule has 1 aromatic heterocycles. The highest BCUT2D eigenvalue weighted by Gasteiger charge is 2.24. The lowest BCUT2D eigenvalue weighted by Gasteiger charge is -2.26. The zero-order chi connectivity index (χ0) is 19.6. The third-order valence-corrected chi connectivity index (χ3v) is 8.09. The molecule has 0 saturated heterocycles. The number of nitrogens with zero attached hydrogens (tertiary/aromatic N) is 1. The second kappa shape index (κ2) is 7.73. The second-order valence-corrected chi connectivity index (χ2v) is 9.79. The van der Waals surface area contributed by atoms with Gasteiger partial charge in [-0.05, 0) is 41.8 Å². The first-order chi connectivity index (χ1) is 13.6. The van der Waals surface area contributed by atoms with E-state index in [-0.39, 0.29) is 15.0 Å². The normalized spacial score (nSPS) is 14.6. The maximum absolute atomic E-state index is 12.8. The first-order valence-electron chi connectivity index (χ1n) is 8.99. The van der Waals surface area contributed by atoms with Crippen molar-refractivity contribution in [2.75, 3.05) is 13.1 Å². The van der Waals surface area contributed by atoms with Crippen LogP contribution in [0.5, 0.6) is 0 Å². The molecular weight excluding hydrogens is 390 g/mol. The molecule has 4 nitrogen and oxygen atoms in total. The zero-order valence-electron chi connectivity index (χ0n) is 15.1. The van der Waals surface area contributed by atoms with Gasteiger partial charge in [-0.15, -0.1) is 11.3 Å². The van der Waals surface area contributed by atoms with Gasteiger partial charge in [0.25, 0.3) is 5.91 Å². The number of carbonyl (C=O) groups excluding carboxylic acids is 1. The lowest BCUT2D eigenvalue weighted by Crippen LogP contribution is -2.34. The Hall–Kier alpha value is -2.70. The van der Waals surface area contributed by atoms with Crippen molar-refractivity contribution in [3.05, 3.63) is 89.3 Å². The van der Waals surface area contributed by atoms with Crippen LogP contribution in [0.15, 0.2) is 88.0 Å². The molecule has 0 radical (unpaired) electrons. The third-order valence-electron chi connectivity index (χ3n) is 4.75. The first-order valence-corrected chi connectivity index (χ1v) is 11.3. The van der Waals surface area contributed by atoms with Gasteiger partial charge in [0.1, 0.15) is 4.21 Å². The summed E-state index contributed by atoms with van der Waals surface area (Å²) in [5, 5.41) is 0. The molecule has 2 heterocycles. The monoisotopic (exact) mass is 409 g/mol. The maximum atomic E-state index is 12.8. The number of sulfone groups is 1. The molecule has 0 fully saturated rings. The number of carbonyl (C=O) groups is 1. The lowest BCUT2D eigenvalue weighted by molar-refractivity contribution is 0.0777. The quantitative estimate of drug-likeness (QED) is 0.637. The highest BCUT2D eigenvalue weighted by Crippen LogP contribution is 2.29. The van der Waals surface area contributed by atoms with Gasteiger partial charge >= 0.3 is 0 Å². The van der Waals surface area contributed by atoms with Crippen LogP contribution in [0, 0.1) is 0 Å². The van der Waals surface area contributed by atoms with Gasteiger partial charge < -0.3 is 4.90 Å². The summed E-state index contributed by atoms with van der Waals surface area (Å²) < 4.78 is 25.6. The summed E-state index contributed by atoms with van der Waals surface area (Å²) in [5.74, 6) is -0.122. The molecule has 142 valence electrons. The Morgan fingerprint density at radius 2 is 1.57 bits per heavy atom. The van der Waals surface area contributed by atoms with Crippen molar-refractivity contribution < 1.29 is 13.2 Å². The smallest absolute Gasteiger partial charge is 0.264 e. The van der Waals surface area contributed by atoms with Gasteiger partial charge in [-0.25, -0.2) is 8.42 Å². The summed E-state index contributed by atoms with van der Waals surface area (Å²) in [5.41, 5.74) is 2.42. The van der Waals surface area contributed by atoms with Crippen molar-refractivity contribution in [3.63, 3.8) is 0 Å². The van der Waals surface area contributed by atoms with Crippen molar-refractivity contribution in [3.8, 4) is 0 Å². The predicted octanol–water partition coefficient (Wildman–Crippen LogP) is 4.51. The topological polar surface area (TPSA) is 54.5 Å². The molecule has 0 saturated carbocycles. The number of benzene rings is 2. The van der Waals surface area contributed by atoms with Gasteiger partial charge in [-0.1, -0.05) is 54.6 Å². The second-order valence-electron chi connectivity index (χ2n) is 6.53. The number of hydrogen-bond donors (Lipinski definition) is 0. The predicted molar refractivity (Wildman–Crippen MR) is 111 cm³/mol. The van der Waals surface area contributed by atoms with Gasteiger partial charge in [0.05, 0.1) is 9.77 Å². The van der Waals surface area contributed by atoms with Crippen LogP contribution in [0.4, 0.5) is 0 Å². The Balaban J connectivity index is 1.51. The molecular formula is C22H19NO3S2. The Bertz CT molecular complexity index is 1120. The van der Waals surface area contributed by atoms with E-state index in [4.69, 9.17) is 0 Å². The summed E-state index contributed by atoms with van der Waals surface area (Å²) in [4.78, 5) is 15.3. The zero-order valence-corrected chi connectivity index (χ0v) is 16.7. The fourth-order valence-corrected chi connectivity index (χ4v) is 5.92. The van der Waals surface area contributed by atoms with Gasteiger partial charge in [-0.2, -0.15) is 0 Å². The molecule has 0 spiro atoms. The van der Waals surface area contributed by atoms with Crippen molar-refractivity contribution in [2.24, 2.45) is 0 Å². The Labute approximate surface area is 168 Å². The van der Waals surface area contributed by atoms with Crippen LogP contribution in [0.3, 0.4) is 0 Å². The van der Waals surface area contributed by atoms with Gasteiger partial charge in [0.15, 0.2) is 0 Å². The minimum absolute atomic E-state index is 0.122. The van der Waals surface area contributed by atoms with Crippen LogP contribution in [-0.4, -0.2) is 32.3 Å². The molecule has 2 aromatic carbocycles. The van der Waals surface area contributed by atoms with Crippen molar-refractivity contribution in [1.82, 2.24) is 4.90 Å². The van der Waals surface area contributed by atoms with Crippen LogP contribution in [-0.2, 0) is 9.84 Å². The number of amides is 1. The molecule has 6 heteroatoms. The fourth-order valence-electron chi connectivity index (χ4n) is 3.22. The van der Waals surface area contributed by atoms with Crippen molar-refractivity contribution in [1.29, 1.82) is 0 Å². The van der Waals surface area contributed by atoms with E-state index in [1.54, 1.807) is 41.3 Å². The Kier molecular flexibility index (Phi) is 5.15. The van der Waals surface area contributed by atoms with Crippen LogP contribution in [0.2, 0.25) is 0 Å². The summed E-state index contributed by atoms with van der Waals surface area (Å²) >= 11 is 1.03. The Morgan fingerprint density at radius 1 is 0.893 bits per heavy atom. The number of thiophene rings is 1. The van der Waals surface area contributed by atoms with E-state index in [0.29, 0.717) is 18.0 Å². The molecule has 0 bridgehead atoms. The van der Waals surface area contributed by atoms with Crippen molar-refractivity contribution >= 4 is 32.7 Å². The summed E-state index contributed by atoms with van der Waals surface area (Å²) in [6.45, 7) is 1.15. The summed E-state index contributed by atoms with van der Waals surface area (Å²) in [7, 11) is -3.59. The van der Waals surface area contributed by atoms with E-state index < -0.39 is 9.84 Å². The van der Waals surface area contributed by atoms with Gasteiger partial charge in [0.2, 0.25) is 9.84 Å². The lowest BCUT2D eigenvalue weighted by atomic mass is 9.99. The first kappa shape index (κ1) is 18.7. The summed E-state index contributed by atoms with van der Waals surface area (Å²) in [6, 6.07) is 21.6.